The van der Waals surface area contributed by atoms with Crippen LogP contribution < -0.4 is 5.32 Å². The Hall–Kier alpha value is -0.860. The maximum absolute atomic E-state index is 10.7. The highest BCUT2D eigenvalue weighted by molar-refractivity contribution is 14.1. The first kappa shape index (κ1) is 14.5. The molecule has 0 aliphatic carbocycles. The number of benzene rings is 2. The molecule has 0 bridgehead atoms. The summed E-state index contributed by atoms with van der Waals surface area (Å²) in [6.07, 6.45) is 0. The third-order valence-corrected chi connectivity index (χ3v) is 4.14. The zero-order chi connectivity index (χ0) is 14.0. The van der Waals surface area contributed by atoms with Gasteiger partial charge in [-0.05, 0) is 68.9 Å². The Morgan fingerprint density at radius 2 is 2.00 bits per heavy atom. The summed E-state index contributed by atoms with van der Waals surface area (Å²) >= 11 is 11.3. The molecule has 2 aromatic rings. The number of nitro groups is 1. The molecular formula is C12H7BrClIN2O2. The van der Waals surface area contributed by atoms with Crippen LogP contribution in [0.15, 0.2) is 40.9 Å². The Morgan fingerprint density at radius 3 is 2.63 bits per heavy atom. The molecule has 1 N–H and O–H groups in total. The number of nitrogens with zero attached hydrogens (tertiary/aromatic N) is 1. The van der Waals surface area contributed by atoms with E-state index < -0.39 is 4.92 Å². The van der Waals surface area contributed by atoms with Crippen LogP contribution in [0.5, 0.6) is 0 Å². The van der Waals surface area contributed by atoms with Gasteiger partial charge in [0.05, 0.1) is 14.2 Å². The van der Waals surface area contributed by atoms with Crippen molar-refractivity contribution in [3.8, 4) is 0 Å². The third kappa shape index (κ3) is 3.58. The van der Waals surface area contributed by atoms with Crippen molar-refractivity contribution in [2.24, 2.45) is 0 Å². The first-order valence-electron chi connectivity index (χ1n) is 5.13. The van der Waals surface area contributed by atoms with Gasteiger partial charge < -0.3 is 5.32 Å². The lowest BCUT2D eigenvalue weighted by atomic mass is 10.2. The van der Waals surface area contributed by atoms with Crippen LogP contribution in [0.4, 0.5) is 17.1 Å². The Kier molecular flexibility index (Phi) is 4.64. The Balaban J connectivity index is 2.31. The lowest BCUT2D eigenvalue weighted by Crippen LogP contribution is -1.95. The first-order valence-corrected chi connectivity index (χ1v) is 7.38. The monoisotopic (exact) mass is 452 g/mol. The van der Waals surface area contributed by atoms with Gasteiger partial charge in [-0.2, -0.15) is 0 Å². The van der Waals surface area contributed by atoms with Gasteiger partial charge in [0.1, 0.15) is 0 Å². The van der Waals surface area contributed by atoms with Crippen LogP contribution in [0, 0.1) is 13.7 Å². The summed E-state index contributed by atoms with van der Waals surface area (Å²) in [6.45, 7) is 0. The number of nitrogens with one attached hydrogen (secondary N) is 1. The molecule has 0 atom stereocenters. The largest absolute Gasteiger partial charge is 0.355 e. The molecule has 0 saturated carbocycles. The van der Waals surface area contributed by atoms with Crippen molar-refractivity contribution in [1.82, 2.24) is 0 Å². The van der Waals surface area contributed by atoms with Gasteiger partial charge in [-0.25, -0.2) is 0 Å². The molecule has 4 nitrogen and oxygen atoms in total. The van der Waals surface area contributed by atoms with Crippen LogP contribution in [-0.2, 0) is 0 Å². The van der Waals surface area contributed by atoms with Crippen LogP contribution in [0.1, 0.15) is 0 Å². The zero-order valence-corrected chi connectivity index (χ0v) is 13.9. The van der Waals surface area contributed by atoms with Gasteiger partial charge in [-0.1, -0.05) is 11.6 Å². The van der Waals surface area contributed by atoms with E-state index in [1.165, 1.54) is 6.07 Å². The molecule has 0 saturated heterocycles. The molecule has 0 fully saturated rings. The van der Waals surface area contributed by atoms with Gasteiger partial charge in [0.2, 0.25) is 0 Å². The standard InChI is InChI=1S/C12H7BrClIN2O2/c13-9-3-1-7(14)5-11(9)16-8-2-4-12(17(18)19)10(15)6-8/h1-6,16H. The van der Waals surface area contributed by atoms with Crippen LogP contribution in [-0.4, -0.2) is 4.92 Å². The average Bonchev–Trinajstić information content (AvgIpc) is 2.33. The minimum absolute atomic E-state index is 0.0938. The number of halogens is 3. The minimum Gasteiger partial charge on any atom is -0.355 e. The summed E-state index contributed by atoms with van der Waals surface area (Å²) < 4.78 is 1.44. The fraction of sp³-hybridized carbons (Fsp3) is 0. The SMILES string of the molecule is O=[N+]([O-])c1ccc(Nc2cc(Cl)ccc2Br)cc1I. The summed E-state index contributed by atoms with van der Waals surface area (Å²) in [4.78, 5) is 10.3. The predicted octanol–water partition coefficient (Wildman–Crippen LogP) is 5.36. The molecule has 19 heavy (non-hydrogen) atoms. The summed E-state index contributed by atoms with van der Waals surface area (Å²) in [6, 6.07) is 10.2. The van der Waals surface area contributed by atoms with Gasteiger partial charge in [0, 0.05) is 21.2 Å². The average molecular weight is 453 g/mol. The minimum atomic E-state index is -0.402. The number of hydrogen-bond acceptors (Lipinski definition) is 3. The highest BCUT2D eigenvalue weighted by Gasteiger charge is 2.12. The van der Waals surface area contributed by atoms with Crippen molar-refractivity contribution < 1.29 is 4.92 Å². The molecule has 0 aliphatic heterocycles. The zero-order valence-electron chi connectivity index (χ0n) is 9.36. The van der Waals surface area contributed by atoms with E-state index in [0.29, 0.717) is 8.59 Å². The molecule has 0 heterocycles. The van der Waals surface area contributed by atoms with Crippen LogP contribution in [0.2, 0.25) is 5.02 Å². The highest BCUT2D eigenvalue weighted by atomic mass is 127. The topological polar surface area (TPSA) is 55.2 Å². The maximum Gasteiger partial charge on any atom is 0.282 e. The molecule has 0 radical (unpaired) electrons. The fourth-order valence-electron chi connectivity index (χ4n) is 1.48. The highest BCUT2D eigenvalue weighted by Crippen LogP contribution is 2.31. The van der Waals surface area contributed by atoms with Crippen molar-refractivity contribution in [1.29, 1.82) is 0 Å². The molecule has 2 rings (SSSR count). The van der Waals surface area contributed by atoms with Crippen LogP contribution >= 0.6 is 50.1 Å². The van der Waals surface area contributed by atoms with E-state index in [0.717, 1.165) is 15.8 Å². The molecule has 0 aromatic heterocycles. The summed E-state index contributed by atoms with van der Waals surface area (Å²) in [5.41, 5.74) is 1.66. The number of anilines is 2. The number of rotatable bonds is 3. The van der Waals surface area contributed by atoms with Crippen LogP contribution in [0.25, 0.3) is 0 Å². The van der Waals surface area contributed by atoms with E-state index in [1.807, 2.05) is 28.7 Å². The maximum atomic E-state index is 10.7. The molecular weight excluding hydrogens is 446 g/mol. The summed E-state index contributed by atoms with van der Waals surface area (Å²) in [5.74, 6) is 0. The third-order valence-electron chi connectivity index (χ3n) is 2.35. The van der Waals surface area contributed by atoms with Crippen molar-refractivity contribution in [3.05, 3.63) is 59.6 Å². The molecule has 0 spiro atoms. The summed E-state index contributed by atoms with van der Waals surface area (Å²) in [5, 5.41) is 14.5. The second-order valence-corrected chi connectivity index (χ2v) is 6.13. The van der Waals surface area contributed by atoms with Crippen molar-refractivity contribution >= 4 is 67.2 Å². The molecule has 0 aliphatic rings. The second kappa shape index (κ2) is 6.06. The van der Waals surface area contributed by atoms with E-state index in [2.05, 4.69) is 21.2 Å². The van der Waals surface area contributed by atoms with Crippen molar-refractivity contribution in [3.63, 3.8) is 0 Å². The Morgan fingerprint density at radius 1 is 1.26 bits per heavy atom. The number of hydrogen-bond donors (Lipinski definition) is 1. The normalized spacial score (nSPS) is 10.3. The fourth-order valence-corrected chi connectivity index (χ4v) is 2.71. The Bertz CT molecular complexity index is 652. The van der Waals surface area contributed by atoms with E-state index in [1.54, 1.807) is 24.3 Å². The van der Waals surface area contributed by atoms with Crippen LogP contribution in [0.3, 0.4) is 0 Å². The molecule has 0 amide bonds. The van der Waals surface area contributed by atoms with Gasteiger partial charge in [0.15, 0.2) is 0 Å². The van der Waals surface area contributed by atoms with E-state index in [9.17, 15) is 10.1 Å². The van der Waals surface area contributed by atoms with Gasteiger partial charge in [-0.15, -0.1) is 0 Å². The number of nitro benzene ring substituents is 1. The van der Waals surface area contributed by atoms with E-state index in [4.69, 9.17) is 11.6 Å². The quantitative estimate of drug-likeness (QED) is 0.387. The van der Waals surface area contributed by atoms with Gasteiger partial charge >= 0.3 is 0 Å². The van der Waals surface area contributed by atoms with Gasteiger partial charge in [0.25, 0.3) is 5.69 Å². The van der Waals surface area contributed by atoms with Gasteiger partial charge in [-0.3, -0.25) is 10.1 Å². The molecule has 0 unspecified atom stereocenters. The predicted molar refractivity (Wildman–Crippen MR) is 88.2 cm³/mol. The van der Waals surface area contributed by atoms with Crippen molar-refractivity contribution in [2.75, 3.05) is 5.32 Å². The molecule has 7 heteroatoms. The Labute approximate surface area is 136 Å². The lowest BCUT2D eigenvalue weighted by molar-refractivity contribution is -0.385. The molecule has 2 aromatic carbocycles. The van der Waals surface area contributed by atoms with E-state index >= 15 is 0 Å². The second-order valence-electron chi connectivity index (χ2n) is 3.67. The van der Waals surface area contributed by atoms with E-state index in [-0.39, 0.29) is 5.69 Å². The lowest BCUT2D eigenvalue weighted by Gasteiger charge is -2.09. The van der Waals surface area contributed by atoms with Crippen molar-refractivity contribution in [2.45, 2.75) is 0 Å². The first-order chi connectivity index (χ1) is 8.97. The smallest absolute Gasteiger partial charge is 0.282 e. The summed E-state index contributed by atoms with van der Waals surface area (Å²) in [7, 11) is 0. The molecule has 98 valence electrons.